The molecular formula is C26H29ClN6O2. The highest BCUT2D eigenvalue weighted by atomic mass is 35.5. The Morgan fingerprint density at radius 2 is 1.80 bits per heavy atom. The smallest absolute Gasteiger partial charge is 0.245 e. The molecule has 4 heterocycles. The molecule has 2 amide bonds. The SMILES string of the molecule is C=CC(=O)N1CCC(C(=O)N2CCC(Nc3ncc(Cl)c(-c4c[nH]c5ccccc45)n3)CC2)CC1. The van der Waals surface area contributed by atoms with Gasteiger partial charge in [0, 0.05) is 60.8 Å². The van der Waals surface area contributed by atoms with Crippen molar-refractivity contribution in [2.45, 2.75) is 31.7 Å². The Morgan fingerprint density at radius 1 is 1.09 bits per heavy atom. The van der Waals surface area contributed by atoms with Gasteiger partial charge in [0.1, 0.15) is 0 Å². The zero-order valence-electron chi connectivity index (χ0n) is 19.5. The van der Waals surface area contributed by atoms with E-state index in [1.807, 2.05) is 35.4 Å². The minimum atomic E-state index is -0.0555. The molecule has 0 unspecified atom stereocenters. The molecule has 8 nitrogen and oxygen atoms in total. The van der Waals surface area contributed by atoms with Crippen LogP contribution in [0.25, 0.3) is 22.2 Å². The van der Waals surface area contributed by atoms with Gasteiger partial charge in [-0.15, -0.1) is 0 Å². The number of H-pyrrole nitrogens is 1. The lowest BCUT2D eigenvalue weighted by Gasteiger charge is -2.37. The summed E-state index contributed by atoms with van der Waals surface area (Å²) in [6, 6.07) is 8.23. The van der Waals surface area contributed by atoms with E-state index >= 15 is 0 Å². The van der Waals surface area contributed by atoms with E-state index in [9.17, 15) is 9.59 Å². The van der Waals surface area contributed by atoms with Crippen LogP contribution < -0.4 is 5.32 Å². The third-order valence-electron chi connectivity index (χ3n) is 7.06. The monoisotopic (exact) mass is 492 g/mol. The first-order valence-electron chi connectivity index (χ1n) is 12.1. The van der Waals surface area contributed by atoms with Crippen LogP contribution in [0, 0.1) is 5.92 Å². The first kappa shape index (κ1) is 23.4. The molecule has 0 aliphatic carbocycles. The lowest BCUT2D eigenvalue weighted by Crippen LogP contribution is -2.48. The van der Waals surface area contributed by atoms with Crippen molar-refractivity contribution in [2.75, 3.05) is 31.5 Å². The van der Waals surface area contributed by atoms with Gasteiger partial charge in [0.15, 0.2) is 0 Å². The summed E-state index contributed by atoms with van der Waals surface area (Å²) in [5, 5.41) is 5.00. The fourth-order valence-electron chi connectivity index (χ4n) is 5.05. The zero-order valence-corrected chi connectivity index (χ0v) is 20.3. The van der Waals surface area contributed by atoms with E-state index in [0.29, 0.717) is 55.7 Å². The number of carbonyl (C=O) groups is 2. The molecule has 2 fully saturated rings. The van der Waals surface area contributed by atoms with E-state index in [2.05, 4.69) is 21.9 Å². The normalized spacial score (nSPS) is 17.5. The Balaban J connectivity index is 1.18. The number of piperidine rings is 2. The highest BCUT2D eigenvalue weighted by Crippen LogP contribution is 2.32. The van der Waals surface area contributed by atoms with Gasteiger partial charge in [0.25, 0.3) is 0 Å². The second kappa shape index (κ2) is 10.1. The maximum absolute atomic E-state index is 13.0. The van der Waals surface area contributed by atoms with Gasteiger partial charge in [-0.3, -0.25) is 9.59 Å². The number of para-hydroxylation sites is 1. The van der Waals surface area contributed by atoms with Crippen LogP contribution in [-0.2, 0) is 9.59 Å². The predicted molar refractivity (Wildman–Crippen MR) is 137 cm³/mol. The number of nitrogens with zero attached hydrogens (tertiary/aromatic N) is 4. The summed E-state index contributed by atoms with van der Waals surface area (Å²) >= 11 is 6.46. The number of nitrogens with one attached hydrogen (secondary N) is 2. The molecule has 182 valence electrons. The van der Waals surface area contributed by atoms with Crippen LogP contribution in [0.4, 0.5) is 5.95 Å². The topological polar surface area (TPSA) is 94.2 Å². The molecule has 9 heteroatoms. The number of amides is 2. The fourth-order valence-corrected chi connectivity index (χ4v) is 5.25. The average molecular weight is 493 g/mol. The highest BCUT2D eigenvalue weighted by Gasteiger charge is 2.31. The van der Waals surface area contributed by atoms with Crippen LogP contribution >= 0.6 is 11.6 Å². The number of fused-ring (bicyclic) bond motifs is 1. The highest BCUT2D eigenvalue weighted by molar-refractivity contribution is 6.33. The van der Waals surface area contributed by atoms with E-state index in [1.165, 1.54) is 6.08 Å². The number of likely N-dealkylation sites (tertiary alicyclic amines) is 2. The van der Waals surface area contributed by atoms with Crippen molar-refractivity contribution < 1.29 is 9.59 Å². The Bertz CT molecular complexity index is 1240. The average Bonchev–Trinajstić information content (AvgIpc) is 3.33. The van der Waals surface area contributed by atoms with Gasteiger partial charge < -0.3 is 20.1 Å². The van der Waals surface area contributed by atoms with E-state index in [4.69, 9.17) is 16.6 Å². The molecule has 2 N–H and O–H groups in total. The van der Waals surface area contributed by atoms with E-state index in [1.54, 1.807) is 11.1 Å². The van der Waals surface area contributed by atoms with Crippen molar-refractivity contribution in [2.24, 2.45) is 5.92 Å². The van der Waals surface area contributed by atoms with E-state index in [0.717, 1.165) is 29.3 Å². The van der Waals surface area contributed by atoms with Gasteiger partial charge in [0.05, 0.1) is 16.9 Å². The largest absolute Gasteiger partial charge is 0.360 e. The van der Waals surface area contributed by atoms with E-state index < -0.39 is 0 Å². The number of hydrogen-bond acceptors (Lipinski definition) is 5. The Labute approximate surface area is 209 Å². The van der Waals surface area contributed by atoms with Crippen molar-refractivity contribution in [1.29, 1.82) is 0 Å². The summed E-state index contributed by atoms with van der Waals surface area (Å²) in [6.07, 6.45) is 7.98. The second-order valence-corrected chi connectivity index (χ2v) is 9.59. The molecule has 2 saturated heterocycles. The number of anilines is 1. The number of carbonyl (C=O) groups excluding carboxylic acids is 2. The fraction of sp³-hybridized carbons (Fsp3) is 0.385. The lowest BCUT2D eigenvalue weighted by molar-refractivity contribution is -0.140. The summed E-state index contributed by atoms with van der Waals surface area (Å²) in [4.78, 5) is 40.9. The summed E-state index contributed by atoms with van der Waals surface area (Å²) in [7, 11) is 0. The van der Waals surface area contributed by atoms with Crippen molar-refractivity contribution in [1.82, 2.24) is 24.8 Å². The number of halogens is 1. The van der Waals surface area contributed by atoms with Crippen LogP contribution in [0.3, 0.4) is 0 Å². The van der Waals surface area contributed by atoms with Gasteiger partial charge in [-0.2, -0.15) is 0 Å². The third kappa shape index (κ3) is 4.89. The molecule has 2 aromatic heterocycles. The standard InChI is InChI=1S/C26H29ClN6O2/c1-2-23(34)32-11-7-17(8-12-32)25(35)33-13-9-18(10-14-33)30-26-29-16-21(27)24(31-26)20-15-28-22-6-4-3-5-19(20)22/h2-6,15-18,28H,1,7-14H2,(H,29,30,31). The quantitative estimate of drug-likeness (QED) is 0.523. The van der Waals surface area contributed by atoms with Crippen LogP contribution in [0.2, 0.25) is 5.02 Å². The first-order valence-corrected chi connectivity index (χ1v) is 12.5. The Kier molecular flexibility index (Phi) is 6.72. The van der Waals surface area contributed by atoms with Crippen molar-refractivity contribution >= 4 is 40.3 Å². The molecule has 0 saturated carbocycles. The van der Waals surface area contributed by atoms with Gasteiger partial charge in [-0.1, -0.05) is 36.4 Å². The Morgan fingerprint density at radius 3 is 2.54 bits per heavy atom. The van der Waals surface area contributed by atoms with Crippen LogP contribution in [0.5, 0.6) is 0 Å². The third-order valence-corrected chi connectivity index (χ3v) is 7.34. The molecule has 0 spiro atoms. The summed E-state index contributed by atoms with van der Waals surface area (Å²) in [6.45, 7) is 6.18. The molecule has 2 aliphatic rings. The minimum Gasteiger partial charge on any atom is -0.360 e. The molecule has 0 bridgehead atoms. The molecule has 5 rings (SSSR count). The van der Waals surface area contributed by atoms with Gasteiger partial charge in [-0.25, -0.2) is 9.97 Å². The summed E-state index contributed by atoms with van der Waals surface area (Å²) < 4.78 is 0. The molecular weight excluding hydrogens is 464 g/mol. The molecule has 1 aromatic carbocycles. The number of aromatic amines is 1. The Hall–Kier alpha value is -3.39. The van der Waals surface area contributed by atoms with Crippen molar-refractivity contribution in [3.05, 3.63) is 54.3 Å². The maximum atomic E-state index is 13.0. The van der Waals surface area contributed by atoms with Crippen molar-refractivity contribution in [3.8, 4) is 11.3 Å². The number of rotatable bonds is 5. The zero-order chi connectivity index (χ0) is 24.4. The maximum Gasteiger partial charge on any atom is 0.245 e. The first-order chi connectivity index (χ1) is 17.0. The van der Waals surface area contributed by atoms with Gasteiger partial charge in [-0.05, 0) is 37.8 Å². The summed E-state index contributed by atoms with van der Waals surface area (Å²) in [5.74, 6) is 0.684. The molecule has 35 heavy (non-hydrogen) atoms. The minimum absolute atomic E-state index is 0.00768. The van der Waals surface area contributed by atoms with Crippen molar-refractivity contribution in [3.63, 3.8) is 0 Å². The van der Waals surface area contributed by atoms with Crippen LogP contribution in [-0.4, -0.2) is 68.8 Å². The number of hydrogen-bond donors (Lipinski definition) is 2. The summed E-state index contributed by atoms with van der Waals surface area (Å²) in [5.41, 5.74) is 2.66. The number of benzene rings is 1. The molecule has 2 aliphatic heterocycles. The predicted octanol–water partition coefficient (Wildman–Crippen LogP) is 4.11. The lowest BCUT2D eigenvalue weighted by atomic mass is 9.93. The van der Waals surface area contributed by atoms with Crippen LogP contribution in [0.15, 0.2) is 49.3 Å². The molecule has 0 radical (unpaired) electrons. The molecule has 0 atom stereocenters. The van der Waals surface area contributed by atoms with Crippen LogP contribution in [0.1, 0.15) is 25.7 Å². The number of aromatic nitrogens is 3. The second-order valence-electron chi connectivity index (χ2n) is 9.19. The van der Waals surface area contributed by atoms with Gasteiger partial charge in [0.2, 0.25) is 17.8 Å². The molecule has 3 aromatic rings. The van der Waals surface area contributed by atoms with Gasteiger partial charge >= 0.3 is 0 Å². The van der Waals surface area contributed by atoms with E-state index in [-0.39, 0.29) is 23.8 Å².